The molecule has 0 bridgehead atoms. The average molecular weight is 357 g/mol. The number of rotatable bonds is 7. The standard InChI is InChI=1S/C16H25BrN2O2/c1-10(2)18-9-13-8-14(17)6-7-15(13)21-12(5)16(20)19-11(3)4/h6-8,10-12,18H,9H2,1-5H3,(H,19,20). The van der Waals surface area contributed by atoms with Gasteiger partial charge in [-0.2, -0.15) is 0 Å². The van der Waals surface area contributed by atoms with Gasteiger partial charge in [0.25, 0.3) is 5.91 Å². The minimum Gasteiger partial charge on any atom is -0.481 e. The van der Waals surface area contributed by atoms with E-state index in [4.69, 9.17) is 4.74 Å². The van der Waals surface area contributed by atoms with Crippen molar-refractivity contribution in [1.29, 1.82) is 0 Å². The highest BCUT2D eigenvalue weighted by Gasteiger charge is 2.17. The zero-order valence-corrected chi connectivity index (χ0v) is 15.0. The van der Waals surface area contributed by atoms with Crippen LogP contribution in [0.1, 0.15) is 40.2 Å². The number of amides is 1. The zero-order chi connectivity index (χ0) is 16.0. The van der Waals surface area contributed by atoms with Gasteiger partial charge in [-0.3, -0.25) is 4.79 Å². The predicted octanol–water partition coefficient (Wildman–Crippen LogP) is 3.24. The summed E-state index contributed by atoms with van der Waals surface area (Å²) in [7, 11) is 0. The lowest BCUT2D eigenvalue weighted by atomic mass is 10.2. The predicted molar refractivity (Wildman–Crippen MR) is 89.5 cm³/mol. The first kappa shape index (κ1) is 18.0. The van der Waals surface area contributed by atoms with E-state index in [0.29, 0.717) is 12.6 Å². The van der Waals surface area contributed by atoms with E-state index in [-0.39, 0.29) is 11.9 Å². The third kappa shape index (κ3) is 6.48. The number of carbonyl (C=O) groups excluding carboxylic acids is 1. The highest BCUT2D eigenvalue weighted by molar-refractivity contribution is 9.10. The van der Waals surface area contributed by atoms with Gasteiger partial charge in [0, 0.05) is 28.7 Å². The molecule has 1 atom stereocenters. The molecule has 0 saturated carbocycles. The molecule has 0 aliphatic carbocycles. The Bertz CT molecular complexity index is 475. The van der Waals surface area contributed by atoms with Crippen molar-refractivity contribution in [2.45, 2.75) is 59.4 Å². The van der Waals surface area contributed by atoms with Gasteiger partial charge in [0.05, 0.1) is 0 Å². The Morgan fingerprint density at radius 1 is 1.19 bits per heavy atom. The molecule has 0 radical (unpaired) electrons. The second-order valence-electron chi connectivity index (χ2n) is 5.71. The third-order valence-electron chi connectivity index (χ3n) is 2.83. The molecule has 2 N–H and O–H groups in total. The van der Waals surface area contributed by atoms with Gasteiger partial charge in [0.15, 0.2) is 6.10 Å². The van der Waals surface area contributed by atoms with Gasteiger partial charge >= 0.3 is 0 Å². The van der Waals surface area contributed by atoms with Crippen molar-refractivity contribution in [3.63, 3.8) is 0 Å². The lowest BCUT2D eigenvalue weighted by Crippen LogP contribution is -2.40. The van der Waals surface area contributed by atoms with Crippen molar-refractivity contribution < 1.29 is 9.53 Å². The molecule has 0 fully saturated rings. The van der Waals surface area contributed by atoms with E-state index in [1.54, 1.807) is 6.92 Å². The first-order valence-corrected chi connectivity index (χ1v) is 8.07. The molecule has 1 aromatic rings. The van der Waals surface area contributed by atoms with Crippen molar-refractivity contribution in [2.75, 3.05) is 0 Å². The minimum absolute atomic E-state index is 0.101. The summed E-state index contributed by atoms with van der Waals surface area (Å²) in [6, 6.07) is 6.31. The average Bonchev–Trinajstić information content (AvgIpc) is 2.37. The van der Waals surface area contributed by atoms with Crippen LogP contribution in [0.25, 0.3) is 0 Å². The molecule has 21 heavy (non-hydrogen) atoms. The number of hydrogen-bond donors (Lipinski definition) is 2. The van der Waals surface area contributed by atoms with Gasteiger partial charge in [0.2, 0.25) is 0 Å². The fourth-order valence-corrected chi connectivity index (χ4v) is 2.17. The van der Waals surface area contributed by atoms with Gasteiger partial charge in [-0.05, 0) is 39.0 Å². The van der Waals surface area contributed by atoms with Crippen LogP contribution in [0, 0.1) is 0 Å². The summed E-state index contributed by atoms with van der Waals surface area (Å²) in [6.07, 6.45) is -0.522. The summed E-state index contributed by atoms with van der Waals surface area (Å²) < 4.78 is 6.82. The van der Waals surface area contributed by atoms with Gasteiger partial charge in [-0.1, -0.05) is 29.8 Å². The molecular weight excluding hydrogens is 332 g/mol. The SMILES string of the molecule is CC(C)NCc1cc(Br)ccc1OC(C)C(=O)NC(C)C. The van der Waals surface area contributed by atoms with Crippen molar-refractivity contribution >= 4 is 21.8 Å². The maximum Gasteiger partial charge on any atom is 0.260 e. The highest BCUT2D eigenvalue weighted by Crippen LogP contribution is 2.24. The number of carbonyl (C=O) groups is 1. The normalized spacial score (nSPS) is 12.6. The summed E-state index contributed by atoms with van der Waals surface area (Å²) in [4.78, 5) is 11.9. The fourth-order valence-electron chi connectivity index (χ4n) is 1.76. The van der Waals surface area contributed by atoms with Gasteiger partial charge in [-0.25, -0.2) is 0 Å². The smallest absolute Gasteiger partial charge is 0.260 e. The Morgan fingerprint density at radius 3 is 2.43 bits per heavy atom. The number of halogens is 1. The van der Waals surface area contributed by atoms with Crippen molar-refractivity contribution in [1.82, 2.24) is 10.6 Å². The molecule has 0 heterocycles. The van der Waals surface area contributed by atoms with Crippen LogP contribution in [0.4, 0.5) is 0 Å². The van der Waals surface area contributed by atoms with Crippen molar-refractivity contribution in [3.8, 4) is 5.75 Å². The second kappa shape index (κ2) is 8.39. The molecule has 1 rings (SSSR count). The van der Waals surface area contributed by atoms with E-state index in [0.717, 1.165) is 15.8 Å². The van der Waals surface area contributed by atoms with Crippen LogP contribution in [0.2, 0.25) is 0 Å². The molecule has 0 aliphatic heterocycles. The first-order chi connectivity index (χ1) is 9.79. The molecule has 0 saturated heterocycles. The first-order valence-electron chi connectivity index (χ1n) is 7.28. The summed E-state index contributed by atoms with van der Waals surface area (Å²) in [5.74, 6) is 0.633. The van der Waals surface area contributed by atoms with Gasteiger partial charge < -0.3 is 15.4 Å². The van der Waals surface area contributed by atoms with Crippen LogP contribution in [0.15, 0.2) is 22.7 Å². The van der Waals surface area contributed by atoms with E-state index in [2.05, 4.69) is 40.4 Å². The lowest BCUT2D eigenvalue weighted by Gasteiger charge is -2.19. The van der Waals surface area contributed by atoms with Crippen LogP contribution in [-0.2, 0) is 11.3 Å². The maximum absolute atomic E-state index is 11.9. The number of nitrogens with one attached hydrogen (secondary N) is 2. The number of ether oxygens (including phenoxy) is 1. The van der Waals surface area contributed by atoms with Crippen LogP contribution in [0.3, 0.4) is 0 Å². The van der Waals surface area contributed by atoms with Gasteiger partial charge in [0.1, 0.15) is 5.75 Å². The van der Waals surface area contributed by atoms with E-state index in [1.165, 1.54) is 0 Å². The molecule has 1 unspecified atom stereocenters. The van der Waals surface area contributed by atoms with E-state index >= 15 is 0 Å². The Hall–Kier alpha value is -1.07. The largest absolute Gasteiger partial charge is 0.481 e. The molecule has 0 aromatic heterocycles. The Kier molecular flexibility index (Phi) is 7.18. The van der Waals surface area contributed by atoms with Crippen LogP contribution < -0.4 is 15.4 Å². The van der Waals surface area contributed by atoms with Crippen LogP contribution >= 0.6 is 15.9 Å². The van der Waals surface area contributed by atoms with Crippen LogP contribution in [-0.4, -0.2) is 24.1 Å². The molecule has 5 heteroatoms. The fraction of sp³-hybridized carbons (Fsp3) is 0.562. The van der Waals surface area contributed by atoms with Crippen molar-refractivity contribution in [2.24, 2.45) is 0 Å². The molecule has 118 valence electrons. The monoisotopic (exact) mass is 356 g/mol. The Labute approximate surface area is 135 Å². The zero-order valence-electron chi connectivity index (χ0n) is 13.4. The summed E-state index contributed by atoms with van der Waals surface area (Å²) in [6.45, 7) is 10.5. The minimum atomic E-state index is -0.522. The van der Waals surface area contributed by atoms with Gasteiger partial charge in [-0.15, -0.1) is 0 Å². The quantitative estimate of drug-likeness (QED) is 0.788. The lowest BCUT2D eigenvalue weighted by molar-refractivity contribution is -0.127. The molecule has 0 spiro atoms. The highest BCUT2D eigenvalue weighted by atomic mass is 79.9. The Morgan fingerprint density at radius 2 is 1.86 bits per heavy atom. The van der Waals surface area contributed by atoms with E-state index < -0.39 is 6.10 Å². The summed E-state index contributed by atoms with van der Waals surface area (Å²) in [5, 5.41) is 6.22. The van der Waals surface area contributed by atoms with E-state index in [9.17, 15) is 4.79 Å². The molecular formula is C16H25BrN2O2. The van der Waals surface area contributed by atoms with E-state index in [1.807, 2.05) is 32.0 Å². The maximum atomic E-state index is 11.9. The summed E-state index contributed by atoms with van der Waals surface area (Å²) >= 11 is 3.47. The number of hydrogen-bond acceptors (Lipinski definition) is 3. The molecule has 0 aliphatic rings. The molecule has 1 aromatic carbocycles. The second-order valence-corrected chi connectivity index (χ2v) is 6.63. The molecule has 1 amide bonds. The van der Waals surface area contributed by atoms with Crippen LogP contribution in [0.5, 0.6) is 5.75 Å². The summed E-state index contributed by atoms with van der Waals surface area (Å²) in [5.41, 5.74) is 1.03. The Balaban J connectivity index is 2.79. The number of benzene rings is 1. The molecule has 4 nitrogen and oxygen atoms in total. The third-order valence-corrected chi connectivity index (χ3v) is 3.32. The van der Waals surface area contributed by atoms with Crippen molar-refractivity contribution in [3.05, 3.63) is 28.2 Å². The topological polar surface area (TPSA) is 50.4 Å².